The number of amides is 1. The zero-order chi connectivity index (χ0) is 28.2. The number of hydrogen-bond acceptors (Lipinski definition) is 5. The minimum Gasteiger partial charge on any atom is -0.508 e. The van der Waals surface area contributed by atoms with E-state index in [1.807, 2.05) is 68.4 Å². The van der Waals surface area contributed by atoms with Crippen LogP contribution < -0.4 is 5.32 Å². The summed E-state index contributed by atoms with van der Waals surface area (Å²) in [5.41, 5.74) is 2.23. The molecule has 1 atom stereocenters. The molecule has 39 heavy (non-hydrogen) atoms. The average Bonchev–Trinajstić information content (AvgIpc) is 3.45. The Balaban J connectivity index is 1.47. The standard InChI is InChI=1S/C32H38N2O5/c1-21(2)26-17-27(29(36)18-28(26)35)30(37)34(3)20-23-15-13-22(14-16-23)19-33-32(31(38)39,25-11-7-8-12-25)24-9-5-4-6-10-24/h4-6,9-10,13-18,21,25,33,35-36H,7-8,11-12,19-20H2,1-3H3,(H,38,39)/t32-/m1/s1. The minimum absolute atomic E-state index is 0.000896. The van der Waals surface area contributed by atoms with Gasteiger partial charge in [-0.3, -0.25) is 10.1 Å². The largest absolute Gasteiger partial charge is 0.508 e. The maximum Gasteiger partial charge on any atom is 0.328 e. The van der Waals surface area contributed by atoms with E-state index in [4.69, 9.17) is 0 Å². The van der Waals surface area contributed by atoms with Crippen LogP contribution in [0.4, 0.5) is 0 Å². The number of nitrogens with one attached hydrogen (secondary N) is 1. The Labute approximate surface area is 230 Å². The van der Waals surface area contributed by atoms with E-state index in [1.165, 1.54) is 11.0 Å². The van der Waals surface area contributed by atoms with Gasteiger partial charge in [-0.25, -0.2) is 4.79 Å². The van der Waals surface area contributed by atoms with Crippen molar-refractivity contribution in [1.29, 1.82) is 0 Å². The SMILES string of the molecule is CC(C)c1cc(C(=O)N(C)Cc2ccc(CN[C@](C(=O)O)(c3ccccc3)C3CCCC3)cc2)c(O)cc1O. The van der Waals surface area contributed by atoms with Crippen LogP contribution in [0.3, 0.4) is 0 Å². The Kier molecular flexibility index (Phi) is 8.60. The van der Waals surface area contributed by atoms with Crippen molar-refractivity contribution >= 4 is 11.9 Å². The van der Waals surface area contributed by atoms with Crippen LogP contribution in [0.25, 0.3) is 0 Å². The number of nitrogens with zero attached hydrogens (tertiary/aromatic N) is 1. The van der Waals surface area contributed by atoms with E-state index in [0.29, 0.717) is 18.7 Å². The molecule has 0 spiro atoms. The number of phenolic OH excluding ortho intramolecular Hbond substituents is 2. The first kappa shape index (κ1) is 28.2. The Morgan fingerprint density at radius 3 is 2.15 bits per heavy atom. The molecule has 0 bridgehead atoms. The fourth-order valence-corrected chi connectivity index (χ4v) is 5.70. The summed E-state index contributed by atoms with van der Waals surface area (Å²) in [7, 11) is 1.67. The number of aliphatic carboxylic acids is 1. The van der Waals surface area contributed by atoms with Gasteiger partial charge in [-0.2, -0.15) is 0 Å². The molecule has 7 nitrogen and oxygen atoms in total. The monoisotopic (exact) mass is 530 g/mol. The van der Waals surface area contributed by atoms with Gasteiger partial charge in [0, 0.05) is 26.2 Å². The summed E-state index contributed by atoms with van der Waals surface area (Å²) < 4.78 is 0. The lowest BCUT2D eigenvalue weighted by atomic mass is 9.76. The van der Waals surface area contributed by atoms with Crippen molar-refractivity contribution in [3.8, 4) is 11.5 Å². The van der Waals surface area contributed by atoms with E-state index in [9.17, 15) is 24.9 Å². The summed E-state index contributed by atoms with van der Waals surface area (Å²) in [6.45, 7) is 4.55. The Hall–Kier alpha value is -3.84. The number of carboxylic acids is 1. The van der Waals surface area contributed by atoms with E-state index in [-0.39, 0.29) is 34.8 Å². The van der Waals surface area contributed by atoms with Crippen LogP contribution in [0, 0.1) is 5.92 Å². The molecule has 206 valence electrons. The molecule has 3 aromatic rings. The zero-order valence-corrected chi connectivity index (χ0v) is 22.9. The Morgan fingerprint density at radius 2 is 1.56 bits per heavy atom. The highest BCUT2D eigenvalue weighted by atomic mass is 16.4. The van der Waals surface area contributed by atoms with Gasteiger partial charge in [0.25, 0.3) is 5.91 Å². The van der Waals surface area contributed by atoms with Crippen LogP contribution >= 0.6 is 0 Å². The summed E-state index contributed by atoms with van der Waals surface area (Å²) in [4.78, 5) is 27.4. The number of hydrogen-bond donors (Lipinski definition) is 4. The predicted octanol–water partition coefficient (Wildman–Crippen LogP) is 5.75. The zero-order valence-electron chi connectivity index (χ0n) is 22.9. The maximum absolute atomic E-state index is 13.1. The third-order valence-electron chi connectivity index (χ3n) is 7.89. The summed E-state index contributed by atoms with van der Waals surface area (Å²) in [5, 5.41) is 34.3. The molecule has 0 unspecified atom stereocenters. The molecule has 1 amide bonds. The summed E-state index contributed by atoms with van der Waals surface area (Å²) in [6, 6.07) is 20.0. The molecular formula is C32H38N2O5. The highest BCUT2D eigenvalue weighted by molar-refractivity contribution is 5.97. The molecule has 0 radical (unpaired) electrons. The van der Waals surface area contributed by atoms with Crippen molar-refractivity contribution in [1.82, 2.24) is 10.2 Å². The van der Waals surface area contributed by atoms with Gasteiger partial charge >= 0.3 is 5.97 Å². The lowest BCUT2D eigenvalue weighted by molar-refractivity contribution is -0.148. The Morgan fingerprint density at radius 1 is 0.949 bits per heavy atom. The van der Waals surface area contributed by atoms with Gasteiger partial charge < -0.3 is 20.2 Å². The van der Waals surface area contributed by atoms with E-state index < -0.39 is 11.5 Å². The van der Waals surface area contributed by atoms with E-state index >= 15 is 0 Å². The van der Waals surface area contributed by atoms with Crippen molar-refractivity contribution in [3.05, 3.63) is 94.5 Å². The number of rotatable bonds is 10. The van der Waals surface area contributed by atoms with Gasteiger partial charge in [-0.15, -0.1) is 0 Å². The topological polar surface area (TPSA) is 110 Å². The Bertz CT molecular complexity index is 1300. The molecule has 7 heteroatoms. The van der Waals surface area contributed by atoms with E-state index in [2.05, 4.69) is 5.32 Å². The van der Waals surface area contributed by atoms with Crippen molar-refractivity contribution < 1.29 is 24.9 Å². The number of phenols is 2. The van der Waals surface area contributed by atoms with Gasteiger partial charge in [-0.05, 0) is 53.0 Å². The van der Waals surface area contributed by atoms with Crippen molar-refractivity contribution in [3.63, 3.8) is 0 Å². The second-order valence-electron chi connectivity index (χ2n) is 10.9. The highest BCUT2D eigenvalue weighted by Gasteiger charge is 2.47. The number of carbonyl (C=O) groups is 2. The molecule has 0 saturated heterocycles. The van der Waals surface area contributed by atoms with Crippen LogP contribution in [0.15, 0.2) is 66.7 Å². The maximum atomic E-state index is 13.1. The van der Waals surface area contributed by atoms with Gasteiger partial charge in [-0.1, -0.05) is 81.3 Å². The van der Waals surface area contributed by atoms with Gasteiger partial charge in [0.05, 0.1) is 5.56 Å². The van der Waals surface area contributed by atoms with E-state index in [0.717, 1.165) is 42.4 Å². The van der Waals surface area contributed by atoms with Gasteiger partial charge in [0.2, 0.25) is 0 Å². The average molecular weight is 531 g/mol. The highest BCUT2D eigenvalue weighted by Crippen LogP contribution is 2.41. The summed E-state index contributed by atoms with van der Waals surface area (Å²) >= 11 is 0. The molecule has 1 fully saturated rings. The molecule has 4 rings (SSSR count). The molecule has 1 saturated carbocycles. The molecule has 0 aliphatic heterocycles. The predicted molar refractivity (Wildman–Crippen MR) is 151 cm³/mol. The normalized spacial score (nSPS) is 15.3. The minimum atomic E-state index is -1.15. The smallest absolute Gasteiger partial charge is 0.328 e. The van der Waals surface area contributed by atoms with Crippen molar-refractivity contribution in [2.45, 2.75) is 64.1 Å². The molecule has 1 aliphatic carbocycles. The molecule has 3 aromatic carbocycles. The van der Waals surface area contributed by atoms with Crippen LogP contribution in [-0.4, -0.2) is 39.1 Å². The van der Waals surface area contributed by atoms with Crippen LogP contribution in [0.1, 0.15) is 78.1 Å². The first-order valence-corrected chi connectivity index (χ1v) is 13.6. The quantitative estimate of drug-likeness (QED) is 0.266. The van der Waals surface area contributed by atoms with Crippen LogP contribution in [0.5, 0.6) is 11.5 Å². The van der Waals surface area contributed by atoms with Gasteiger partial charge in [0.1, 0.15) is 17.0 Å². The first-order valence-electron chi connectivity index (χ1n) is 13.6. The molecule has 4 N–H and O–H groups in total. The fourth-order valence-electron chi connectivity index (χ4n) is 5.70. The summed E-state index contributed by atoms with van der Waals surface area (Å²) in [5.74, 6) is -1.46. The van der Waals surface area contributed by atoms with E-state index in [1.54, 1.807) is 13.1 Å². The fraction of sp³-hybridized carbons (Fsp3) is 0.375. The third-order valence-corrected chi connectivity index (χ3v) is 7.89. The molecule has 0 heterocycles. The molecule has 1 aliphatic rings. The van der Waals surface area contributed by atoms with Crippen LogP contribution in [0.2, 0.25) is 0 Å². The first-order chi connectivity index (χ1) is 18.6. The van der Waals surface area contributed by atoms with Crippen molar-refractivity contribution in [2.75, 3.05) is 7.05 Å². The van der Waals surface area contributed by atoms with Gasteiger partial charge in [0.15, 0.2) is 0 Å². The lowest BCUT2D eigenvalue weighted by Gasteiger charge is -2.37. The number of benzene rings is 3. The number of carboxylic acid groups (broad SMARTS) is 1. The number of carbonyl (C=O) groups excluding carboxylic acids is 1. The second kappa shape index (κ2) is 11.9. The second-order valence-corrected chi connectivity index (χ2v) is 10.9. The molecule has 0 aromatic heterocycles. The number of aromatic hydroxyl groups is 2. The summed E-state index contributed by atoms with van der Waals surface area (Å²) in [6.07, 6.45) is 3.83. The third kappa shape index (κ3) is 5.93. The van der Waals surface area contributed by atoms with Crippen LogP contribution in [-0.2, 0) is 23.4 Å². The van der Waals surface area contributed by atoms with Crippen molar-refractivity contribution in [2.24, 2.45) is 5.92 Å². The lowest BCUT2D eigenvalue weighted by Crippen LogP contribution is -2.53. The molecular weight excluding hydrogens is 492 g/mol.